The van der Waals surface area contributed by atoms with E-state index in [2.05, 4.69) is 15.1 Å². The van der Waals surface area contributed by atoms with Gasteiger partial charge in [-0.15, -0.1) is 11.3 Å². The van der Waals surface area contributed by atoms with E-state index >= 15 is 0 Å². The van der Waals surface area contributed by atoms with Crippen LogP contribution in [0.3, 0.4) is 0 Å². The first-order valence-electron chi connectivity index (χ1n) is 6.96. The van der Waals surface area contributed by atoms with Crippen molar-refractivity contribution < 1.29 is 4.52 Å². The van der Waals surface area contributed by atoms with Crippen LogP contribution in [-0.2, 0) is 19.9 Å². The topological polar surface area (TPSA) is 82.8 Å². The van der Waals surface area contributed by atoms with E-state index in [0.29, 0.717) is 17.5 Å². The molecule has 1 aliphatic carbocycles. The van der Waals surface area contributed by atoms with Gasteiger partial charge >= 0.3 is 0 Å². The maximum atomic E-state index is 6.18. The number of hydrogen-bond donors (Lipinski definition) is 1. The minimum absolute atomic E-state index is 0.493. The third kappa shape index (κ3) is 1.96. The first kappa shape index (κ1) is 12.6. The van der Waals surface area contributed by atoms with Crippen LogP contribution in [0.1, 0.15) is 23.3 Å². The molecule has 3 aromatic heterocycles. The van der Waals surface area contributed by atoms with Gasteiger partial charge in [-0.1, -0.05) is 5.16 Å². The number of aromatic nitrogens is 4. The van der Waals surface area contributed by atoms with Crippen molar-refractivity contribution in [1.82, 2.24) is 19.7 Å². The molecule has 3 heterocycles. The second kappa shape index (κ2) is 4.70. The molecule has 0 saturated carbocycles. The van der Waals surface area contributed by atoms with Crippen LogP contribution in [0, 0.1) is 0 Å². The van der Waals surface area contributed by atoms with Crippen molar-refractivity contribution in [2.45, 2.75) is 25.7 Å². The van der Waals surface area contributed by atoms with Crippen LogP contribution in [0.2, 0.25) is 0 Å². The number of hydrogen-bond acceptors (Lipinski definition) is 6. The zero-order valence-corrected chi connectivity index (χ0v) is 12.5. The van der Waals surface area contributed by atoms with E-state index in [1.54, 1.807) is 17.5 Å². The van der Waals surface area contributed by atoms with Crippen molar-refractivity contribution >= 4 is 16.3 Å². The lowest BCUT2D eigenvalue weighted by Crippen LogP contribution is -2.00. The lowest BCUT2D eigenvalue weighted by Gasteiger charge is -2.10. The van der Waals surface area contributed by atoms with Crippen molar-refractivity contribution in [2.24, 2.45) is 7.05 Å². The molecule has 7 heteroatoms. The molecular weight excluding hydrogens is 286 g/mol. The van der Waals surface area contributed by atoms with E-state index < -0.39 is 0 Å². The molecule has 1 aliphatic rings. The normalized spacial score (nSPS) is 14.3. The van der Waals surface area contributed by atoms with Crippen LogP contribution in [0.4, 0.5) is 5.00 Å². The summed E-state index contributed by atoms with van der Waals surface area (Å²) in [5.74, 6) is 1.69. The fourth-order valence-corrected chi connectivity index (χ4v) is 3.97. The summed E-state index contributed by atoms with van der Waals surface area (Å²) >= 11 is 1.65. The number of thiophene rings is 1. The first-order valence-corrected chi connectivity index (χ1v) is 7.77. The minimum Gasteiger partial charge on any atom is -0.390 e. The number of nitrogens with two attached hydrogens (primary N) is 1. The van der Waals surface area contributed by atoms with Crippen LogP contribution < -0.4 is 5.73 Å². The average Bonchev–Trinajstić information content (AvgIpc) is 3.15. The predicted molar refractivity (Wildman–Crippen MR) is 80.9 cm³/mol. The lowest BCUT2D eigenvalue weighted by molar-refractivity contribution is 0.431. The van der Waals surface area contributed by atoms with Gasteiger partial charge in [0.25, 0.3) is 5.89 Å². The Morgan fingerprint density at radius 3 is 3.00 bits per heavy atom. The van der Waals surface area contributed by atoms with Crippen LogP contribution in [-0.4, -0.2) is 19.7 Å². The first-order chi connectivity index (χ1) is 10.2. The van der Waals surface area contributed by atoms with E-state index in [-0.39, 0.29) is 0 Å². The number of aryl methyl sites for hydroxylation is 2. The SMILES string of the molecule is Cn1ccnc1-c1noc(-c2c(N)sc3c2CCCC3)n1. The van der Waals surface area contributed by atoms with Crippen molar-refractivity contribution in [3.63, 3.8) is 0 Å². The van der Waals surface area contributed by atoms with Gasteiger partial charge in [0, 0.05) is 24.3 Å². The van der Waals surface area contributed by atoms with Crippen LogP contribution >= 0.6 is 11.3 Å². The molecule has 3 aromatic rings. The Bertz CT molecular complexity index is 800. The second-order valence-electron chi connectivity index (χ2n) is 5.24. The van der Waals surface area contributed by atoms with E-state index in [1.165, 1.54) is 23.3 Å². The number of anilines is 1. The van der Waals surface area contributed by atoms with Gasteiger partial charge in [0.15, 0.2) is 5.82 Å². The fraction of sp³-hybridized carbons (Fsp3) is 0.357. The van der Waals surface area contributed by atoms with Gasteiger partial charge in [-0.2, -0.15) is 4.98 Å². The summed E-state index contributed by atoms with van der Waals surface area (Å²) < 4.78 is 7.31. The predicted octanol–water partition coefficient (Wildman–Crippen LogP) is 2.66. The highest BCUT2D eigenvalue weighted by Gasteiger charge is 2.25. The van der Waals surface area contributed by atoms with Crippen molar-refractivity contribution in [2.75, 3.05) is 5.73 Å². The smallest absolute Gasteiger partial charge is 0.261 e. The molecule has 21 heavy (non-hydrogen) atoms. The molecule has 0 fully saturated rings. The maximum Gasteiger partial charge on any atom is 0.261 e. The zero-order valence-electron chi connectivity index (χ0n) is 11.7. The average molecular weight is 301 g/mol. The molecule has 0 amide bonds. The molecular formula is C14H15N5OS. The Hall–Kier alpha value is -2.15. The van der Waals surface area contributed by atoms with Gasteiger partial charge in [0.05, 0.1) is 10.6 Å². The number of fused-ring (bicyclic) bond motifs is 1. The molecule has 0 spiro atoms. The molecule has 6 nitrogen and oxygen atoms in total. The molecule has 0 bridgehead atoms. The Morgan fingerprint density at radius 2 is 2.19 bits per heavy atom. The summed E-state index contributed by atoms with van der Waals surface area (Å²) in [7, 11) is 1.90. The summed E-state index contributed by atoms with van der Waals surface area (Å²) in [5, 5.41) is 4.82. The van der Waals surface area contributed by atoms with Crippen LogP contribution in [0.15, 0.2) is 16.9 Å². The molecule has 108 valence electrons. The quantitative estimate of drug-likeness (QED) is 0.786. The third-order valence-electron chi connectivity index (χ3n) is 3.86. The molecule has 4 rings (SSSR count). The largest absolute Gasteiger partial charge is 0.390 e. The molecule has 0 aromatic carbocycles. The Balaban J connectivity index is 1.80. The zero-order chi connectivity index (χ0) is 14.4. The Labute approximate surface area is 125 Å². The molecule has 0 radical (unpaired) electrons. The molecule has 0 saturated heterocycles. The molecule has 0 atom stereocenters. The van der Waals surface area contributed by atoms with Gasteiger partial charge in [0.2, 0.25) is 5.82 Å². The summed E-state index contributed by atoms with van der Waals surface area (Å²) in [6.45, 7) is 0. The fourth-order valence-electron chi connectivity index (χ4n) is 2.82. The Kier molecular flexibility index (Phi) is 2.81. The number of nitrogen functional groups attached to an aromatic ring is 1. The van der Waals surface area contributed by atoms with E-state index in [0.717, 1.165) is 23.4 Å². The summed E-state index contributed by atoms with van der Waals surface area (Å²) in [5.41, 5.74) is 8.40. The lowest BCUT2D eigenvalue weighted by atomic mass is 9.95. The van der Waals surface area contributed by atoms with Gasteiger partial charge in [0.1, 0.15) is 0 Å². The highest BCUT2D eigenvalue weighted by atomic mass is 32.1. The second-order valence-corrected chi connectivity index (χ2v) is 6.37. The van der Waals surface area contributed by atoms with Gasteiger partial charge < -0.3 is 14.8 Å². The van der Waals surface area contributed by atoms with Crippen molar-refractivity contribution in [3.8, 4) is 23.1 Å². The maximum absolute atomic E-state index is 6.18. The van der Waals surface area contributed by atoms with Crippen molar-refractivity contribution in [1.29, 1.82) is 0 Å². The number of nitrogens with zero attached hydrogens (tertiary/aromatic N) is 4. The van der Waals surface area contributed by atoms with Gasteiger partial charge in [-0.3, -0.25) is 0 Å². The summed E-state index contributed by atoms with van der Waals surface area (Å²) in [6, 6.07) is 0. The van der Waals surface area contributed by atoms with Crippen molar-refractivity contribution in [3.05, 3.63) is 22.8 Å². The minimum atomic E-state index is 0.493. The molecule has 0 unspecified atom stereocenters. The van der Waals surface area contributed by atoms with Crippen LogP contribution in [0.25, 0.3) is 23.1 Å². The van der Waals surface area contributed by atoms with Gasteiger partial charge in [-0.25, -0.2) is 4.98 Å². The summed E-state index contributed by atoms with van der Waals surface area (Å²) in [6.07, 6.45) is 8.13. The number of imidazole rings is 1. The molecule has 2 N–H and O–H groups in total. The number of rotatable bonds is 2. The standard InChI is InChI=1S/C14H15N5OS/c1-19-7-6-16-13(19)12-17-14(20-18-12)10-8-4-2-3-5-9(8)21-11(10)15/h6-7H,2-5,15H2,1H3. The summed E-state index contributed by atoms with van der Waals surface area (Å²) in [4.78, 5) is 10.1. The third-order valence-corrected chi connectivity index (χ3v) is 4.98. The van der Waals surface area contributed by atoms with E-state index in [1.807, 2.05) is 17.8 Å². The van der Waals surface area contributed by atoms with E-state index in [4.69, 9.17) is 10.3 Å². The highest BCUT2D eigenvalue weighted by molar-refractivity contribution is 7.16. The van der Waals surface area contributed by atoms with E-state index in [9.17, 15) is 0 Å². The molecule has 0 aliphatic heterocycles. The monoisotopic (exact) mass is 301 g/mol. The van der Waals surface area contributed by atoms with Crippen LogP contribution in [0.5, 0.6) is 0 Å². The highest BCUT2D eigenvalue weighted by Crippen LogP contribution is 2.42. The Morgan fingerprint density at radius 1 is 1.33 bits per heavy atom. The van der Waals surface area contributed by atoms with Gasteiger partial charge in [-0.05, 0) is 31.2 Å².